The highest BCUT2D eigenvalue weighted by molar-refractivity contribution is 4.86. The molecule has 0 spiro atoms. The predicted molar refractivity (Wildman–Crippen MR) is 68.8 cm³/mol. The third-order valence-corrected chi connectivity index (χ3v) is 3.75. The molecule has 1 heterocycles. The van der Waals surface area contributed by atoms with Crippen LogP contribution in [0.3, 0.4) is 0 Å². The van der Waals surface area contributed by atoms with E-state index < -0.39 is 0 Å². The number of nitrogens with zero attached hydrogens (tertiary/aromatic N) is 1. The summed E-state index contributed by atoms with van der Waals surface area (Å²) in [6, 6.07) is 1.72. The van der Waals surface area contributed by atoms with Gasteiger partial charge < -0.3 is 10.1 Å². The van der Waals surface area contributed by atoms with Gasteiger partial charge in [0.1, 0.15) is 0 Å². The minimum atomic E-state index is 0.374. The Balaban J connectivity index is 2.58. The van der Waals surface area contributed by atoms with Crippen LogP contribution in [0.5, 0.6) is 0 Å². The van der Waals surface area contributed by atoms with Crippen molar-refractivity contribution in [1.29, 1.82) is 0 Å². The predicted octanol–water partition coefficient (Wildman–Crippen LogP) is 1.87. The van der Waals surface area contributed by atoms with E-state index in [1.165, 1.54) is 6.42 Å². The third-order valence-electron chi connectivity index (χ3n) is 3.75. The molecule has 0 aromatic heterocycles. The van der Waals surface area contributed by atoms with Gasteiger partial charge in [-0.15, -0.1) is 0 Å². The Morgan fingerprint density at radius 3 is 2.62 bits per heavy atom. The molecule has 0 aliphatic carbocycles. The van der Waals surface area contributed by atoms with E-state index in [0.717, 1.165) is 19.7 Å². The molecule has 1 fully saturated rings. The molecule has 16 heavy (non-hydrogen) atoms. The maximum absolute atomic E-state index is 5.74. The van der Waals surface area contributed by atoms with E-state index in [-0.39, 0.29) is 0 Å². The lowest BCUT2D eigenvalue weighted by Crippen LogP contribution is -2.57. The minimum absolute atomic E-state index is 0.374. The van der Waals surface area contributed by atoms with Crippen LogP contribution in [0.4, 0.5) is 0 Å². The maximum Gasteiger partial charge on any atom is 0.0674 e. The van der Waals surface area contributed by atoms with Crippen molar-refractivity contribution in [3.8, 4) is 0 Å². The van der Waals surface area contributed by atoms with Crippen molar-refractivity contribution in [2.45, 2.75) is 65.3 Å². The Morgan fingerprint density at radius 1 is 1.38 bits per heavy atom. The number of ether oxygens (including phenoxy) is 1. The molecule has 1 saturated heterocycles. The molecule has 1 rings (SSSR count). The van der Waals surface area contributed by atoms with E-state index in [1.54, 1.807) is 0 Å². The first-order valence-corrected chi connectivity index (χ1v) is 6.70. The topological polar surface area (TPSA) is 24.5 Å². The van der Waals surface area contributed by atoms with Gasteiger partial charge in [-0.3, -0.25) is 4.90 Å². The smallest absolute Gasteiger partial charge is 0.0674 e. The number of hydrogen-bond donors (Lipinski definition) is 1. The Kier molecular flexibility index (Phi) is 5.73. The molecule has 4 unspecified atom stereocenters. The summed E-state index contributed by atoms with van der Waals surface area (Å²) in [7, 11) is 0. The maximum atomic E-state index is 5.74. The molecular weight excluding hydrogens is 200 g/mol. The first-order chi connectivity index (χ1) is 7.60. The second kappa shape index (κ2) is 6.58. The lowest BCUT2D eigenvalue weighted by atomic mass is 10.0. The van der Waals surface area contributed by atoms with Gasteiger partial charge in [-0.1, -0.05) is 13.8 Å². The summed E-state index contributed by atoms with van der Waals surface area (Å²) in [5.74, 6) is 0. The van der Waals surface area contributed by atoms with Crippen LogP contribution in [0.1, 0.15) is 41.0 Å². The molecule has 0 saturated carbocycles. The van der Waals surface area contributed by atoms with Crippen molar-refractivity contribution < 1.29 is 4.74 Å². The van der Waals surface area contributed by atoms with E-state index in [2.05, 4.69) is 44.8 Å². The summed E-state index contributed by atoms with van der Waals surface area (Å²) < 4.78 is 5.74. The highest BCUT2D eigenvalue weighted by Gasteiger charge is 2.31. The largest absolute Gasteiger partial charge is 0.376 e. The quantitative estimate of drug-likeness (QED) is 0.777. The SMILES string of the molecule is CCNC(C)C(C)N1CC(C)OCC1CC. The van der Waals surface area contributed by atoms with E-state index >= 15 is 0 Å². The van der Waals surface area contributed by atoms with E-state index in [9.17, 15) is 0 Å². The summed E-state index contributed by atoms with van der Waals surface area (Å²) in [5.41, 5.74) is 0. The second-order valence-electron chi connectivity index (χ2n) is 4.99. The van der Waals surface area contributed by atoms with Gasteiger partial charge in [0.15, 0.2) is 0 Å². The molecule has 1 aliphatic rings. The zero-order valence-electron chi connectivity index (χ0n) is 11.5. The highest BCUT2D eigenvalue weighted by atomic mass is 16.5. The average molecular weight is 228 g/mol. The molecule has 0 radical (unpaired) electrons. The monoisotopic (exact) mass is 228 g/mol. The first-order valence-electron chi connectivity index (χ1n) is 6.70. The molecule has 96 valence electrons. The van der Waals surface area contributed by atoms with Gasteiger partial charge in [0.25, 0.3) is 0 Å². The Morgan fingerprint density at radius 2 is 2.06 bits per heavy atom. The molecular formula is C13H28N2O. The fourth-order valence-electron chi connectivity index (χ4n) is 2.50. The fourth-order valence-corrected chi connectivity index (χ4v) is 2.50. The normalized spacial score (nSPS) is 31.3. The molecule has 3 nitrogen and oxygen atoms in total. The number of nitrogens with one attached hydrogen (secondary N) is 1. The lowest BCUT2D eigenvalue weighted by molar-refractivity contribution is -0.0738. The Labute approximate surface area is 101 Å². The standard InChI is InChI=1S/C13H28N2O/c1-6-13-9-16-10(3)8-15(13)12(5)11(4)14-7-2/h10-14H,6-9H2,1-5H3. The van der Waals surface area contributed by atoms with Gasteiger partial charge in [0, 0.05) is 24.7 Å². The van der Waals surface area contributed by atoms with E-state index in [4.69, 9.17) is 4.74 Å². The molecule has 0 aromatic rings. The van der Waals surface area contributed by atoms with Gasteiger partial charge in [0.2, 0.25) is 0 Å². The Hall–Kier alpha value is -0.120. The fraction of sp³-hybridized carbons (Fsp3) is 1.00. The molecule has 0 bridgehead atoms. The van der Waals surface area contributed by atoms with Crippen LogP contribution in [0.25, 0.3) is 0 Å². The highest BCUT2D eigenvalue weighted by Crippen LogP contribution is 2.19. The van der Waals surface area contributed by atoms with E-state index in [0.29, 0.717) is 24.2 Å². The van der Waals surface area contributed by atoms with Crippen molar-refractivity contribution in [3.63, 3.8) is 0 Å². The lowest BCUT2D eigenvalue weighted by Gasteiger charge is -2.44. The van der Waals surface area contributed by atoms with Gasteiger partial charge in [0.05, 0.1) is 12.7 Å². The number of hydrogen-bond acceptors (Lipinski definition) is 3. The molecule has 0 aromatic carbocycles. The zero-order valence-corrected chi connectivity index (χ0v) is 11.5. The van der Waals surface area contributed by atoms with Crippen molar-refractivity contribution in [3.05, 3.63) is 0 Å². The third kappa shape index (κ3) is 3.44. The van der Waals surface area contributed by atoms with Crippen molar-refractivity contribution in [2.24, 2.45) is 0 Å². The van der Waals surface area contributed by atoms with Crippen LogP contribution in [-0.4, -0.2) is 48.8 Å². The van der Waals surface area contributed by atoms with E-state index in [1.807, 2.05) is 0 Å². The van der Waals surface area contributed by atoms with Crippen LogP contribution in [0.15, 0.2) is 0 Å². The van der Waals surface area contributed by atoms with Crippen LogP contribution in [0, 0.1) is 0 Å². The van der Waals surface area contributed by atoms with Crippen LogP contribution >= 0.6 is 0 Å². The van der Waals surface area contributed by atoms with Gasteiger partial charge in [-0.2, -0.15) is 0 Å². The van der Waals surface area contributed by atoms with Crippen LogP contribution in [-0.2, 0) is 4.74 Å². The molecule has 1 aliphatic heterocycles. The second-order valence-corrected chi connectivity index (χ2v) is 4.99. The number of likely N-dealkylation sites (N-methyl/N-ethyl adjacent to an activating group) is 1. The van der Waals surface area contributed by atoms with Gasteiger partial charge in [-0.05, 0) is 33.7 Å². The zero-order chi connectivity index (χ0) is 12.1. The number of morpholine rings is 1. The minimum Gasteiger partial charge on any atom is -0.376 e. The van der Waals surface area contributed by atoms with Crippen molar-refractivity contribution in [2.75, 3.05) is 19.7 Å². The van der Waals surface area contributed by atoms with Crippen LogP contribution in [0.2, 0.25) is 0 Å². The van der Waals surface area contributed by atoms with Gasteiger partial charge in [-0.25, -0.2) is 0 Å². The summed E-state index contributed by atoms with van der Waals surface area (Å²) in [6.07, 6.45) is 1.55. The number of rotatable bonds is 5. The first kappa shape index (κ1) is 13.9. The summed E-state index contributed by atoms with van der Waals surface area (Å²) in [5, 5.41) is 3.52. The van der Waals surface area contributed by atoms with Crippen molar-refractivity contribution >= 4 is 0 Å². The molecule has 4 atom stereocenters. The molecule has 1 N–H and O–H groups in total. The molecule has 0 amide bonds. The molecule has 3 heteroatoms. The summed E-state index contributed by atoms with van der Waals surface area (Å²) in [6.45, 7) is 14.2. The average Bonchev–Trinajstić information content (AvgIpc) is 2.28. The van der Waals surface area contributed by atoms with Gasteiger partial charge >= 0.3 is 0 Å². The summed E-state index contributed by atoms with van der Waals surface area (Å²) >= 11 is 0. The van der Waals surface area contributed by atoms with Crippen LogP contribution < -0.4 is 5.32 Å². The summed E-state index contributed by atoms with van der Waals surface area (Å²) in [4.78, 5) is 2.61. The Bertz CT molecular complexity index is 198. The van der Waals surface area contributed by atoms with Crippen molar-refractivity contribution in [1.82, 2.24) is 10.2 Å².